The van der Waals surface area contributed by atoms with E-state index in [1.807, 2.05) is 0 Å². The summed E-state index contributed by atoms with van der Waals surface area (Å²) in [5.41, 5.74) is 0. The second-order valence-electron chi connectivity index (χ2n) is 6.16. The first kappa shape index (κ1) is 13.4. The Labute approximate surface area is 107 Å². The van der Waals surface area contributed by atoms with Gasteiger partial charge in [-0.2, -0.15) is 0 Å². The zero-order valence-electron chi connectivity index (χ0n) is 11.8. The second-order valence-corrected chi connectivity index (χ2v) is 6.16. The van der Waals surface area contributed by atoms with Crippen molar-refractivity contribution in [3.63, 3.8) is 0 Å². The fourth-order valence-corrected chi connectivity index (χ4v) is 3.48. The van der Waals surface area contributed by atoms with Crippen LogP contribution in [0.25, 0.3) is 0 Å². The van der Waals surface area contributed by atoms with Crippen LogP contribution in [-0.2, 0) is 0 Å². The van der Waals surface area contributed by atoms with Gasteiger partial charge in [0.1, 0.15) is 0 Å². The Morgan fingerprint density at radius 3 is 2.53 bits per heavy atom. The van der Waals surface area contributed by atoms with Crippen molar-refractivity contribution < 1.29 is 0 Å². The fraction of sp³-hybridized carbons (Fsp3) is 1.00. The first-order valence-electron chi connectivity index (χ1n) is 7.78. The summed E-state index contributed by atoms with van der Waals surface area (Å²) >= 11 is 0. The van der Waals surface area contributed by atoms with E-state index >= 15 is 0 Å². The number of nitrogens with zero attached hydrogens (tertiary/aromatic N) is 1. The third-order valence-corrected chi connectivity index (χ3v) is 4.65. The molecule has 3 rings (SSSR count). The van der Waals surface area contributed by atoms with Gasteiger partial charge in [0.05, 0.1) is 0 Å². The predicted octanol–water partition coefficient (Wildman–Crippen LogP) is 3.03. The van der Waals surface area contributed by atoms with E-state index in [2.05, 4.69) is 24.1 Å². The zero-order chi connectivity index (χ0) is 12.1. The summed E-state index contributed by atoms with van der Waals surface area (Å²) in [5, 5.41) is 3.89. The van der Waals surface area contributed by atoms with Gasteiger partial charge in [-0.1, -0.05) is 32.6 Å². The molecule has 1 N–H and O–H groups in total. The lowest BCUT2D eigenvalue weighted by Crippen LogP contribution is -2.57. The molecule has 100 valence electrons. The van der Waals surface area contributed by atoms with Crippen molar-refractivity contribution in [2.24, 2.45) is 5.92 Å². The van der Waals surface area contributed by atoms with Crippen LogP contribution in [0.2, 0.25) is 0 Å². The molecular formula is C15H30N2. The average Bonchev–Trinajstić information content (AvgIpc) is 2.36. The van der Waals surface area contributed by atoms with Gasteiger partial charge in [-0.05, 0) is 45.2 Å². The monoisotopic (exact) mass is 238 g/mol. The van der Waals surface area contributed by atoms with E-state index in [-0.39, 0.29) is 0 Å². The number of nitrogens with one attached hydrogen (secondary N) is 1. The molecule has 2 unspecified atom stereocenters. The quantitative estimate of drug-likeness (QED) is 0.686. The SMILES string of the molecule is CCCCCCC(C)NC1CN2CCC1CC2. The first-order chi connectivity index (χ1) is 8.29. The second kappa shape index (κ2) is 6.75. The van der Waals surface area contributed by atoms with Crippen LogP contribution in [0.5, 0.6) is 0 Å². The van der Waals surface area contributed by atoms with Crippen molar-refractivity contribution in [3.05, 3.63) is 0 Å². The van der Waals surface area contributed by atoms with E-state index in [9.17, 15) is 0 Å². The van der Waals surface area contributed by atoms with Crippen molar-refractivity contribution in [2.75, 3.05) is 19.6 Å². The van der Waals surface area contributed by atoms with Crippen molar-refractivity contribution in [3.8, 4) is 0 Å². The fourth-order valence-electron chi connectivity index (χ4n) is 3.48. The largest absolute Gasteiger partial charge is 0.310 e. The Hall–Kier alpha value is -0.0800. The smallest absolute Gasteiger partial charge is 0.0226 e. The molecule has 3 aliphatic heterocycles. The Morgan fingerprint density at radius 1 is 1.18 bits per heavy atom. The van der Waals surface area contributed by atoms with E-state index in [1.54, 1.807) is 0 Å². The molecule has 3 aliphatic rings. The van der Waals surface area contributed by atoms with Crippen molar-refractivity contribution in [1.29, 1.82) is 0 Å². The number of rotatable bonds is 7. The molecule has 0 aromatic rings. The molecule has 0 aliphatic carbocycles. The van der Waals surface area contributed by atoms with Gasteiger partial charge in [0.25, 0.3) is 0 Å². The summed E-state index contributed by atoms with van der Waals surface area (Å²) in [6.45, 7) is 8.68. The van der Waals surface area contributed by atoms with E-state index in [0.717, 1.165) is 18.0 Å². The molecule has 0 aromatic carbocycles. The zero-order valence-corrected chi connectivity index (χ0v) is 11.8. The highest BCUT2D eigenvalue weighted by Gasteiger charge is 2.34. The maximum atomic E-state index is 3.89. The molecule has 0 spiro atoms. The number of hydrogen-bond acceptors (Lipinski definition) is 2. The van der Waals surface area contributed by atoms with E-state index < -0.39 is 0 Å². The van der Waals surface area contributed by atoms with Gasteiger partial charge < -0.3 is 10.2 Å². The van der Waals surface area contributed by atoms with Crippen LogP contribution in [-0.4, -0.2) is 36.6 Å². The molecule has 0 aromatic heterocycles. The lowest BCUT2D eigenvalue weighted by Gasteiger charge is -2.46. The normalized spacial score (nSPS) is 33.9. The highest BCUT2D eigenvalue weighted by Crippen LogP contribution is 2.27. The topological polar surface area (TPSA) is 15.3 Å². The molecule has 0 saturated carbocycles. The van der Waals surface area contributed by atoms with Gasteiger partial charge in [0.15, 0.2) is 0 Å². The minimum absolute atomic E-state index is 0.720. The van der Waals surface area contributed by atoms with Gasteiger partial charge in [0, 0.05) is 18.6 Å². The standard InChI is InChI=1S/C15H30N2/c1-3-4-5-6-7-13(2)16-15-12-17-10-8-14(15)9-11-17/h13-16H,3-12H2,1-2H3. The highest BCUT2D eigenvalue weighted by molar-refractivity contribution is 4.91. The van der Waals surface area contributed by atoms with E-state index in [0.29, 0.717) is 0 Å². The number of unbranched alkanes of at least 4 members (excludes halogenated alkanes) is 3. The Bertz CT molecular complexity index is 209. The summed E-state index contributed by atoms with van der Waals surface area (Å²) < 4.78 is 0. The van der Waals surface area contributed by atoms with Crippen LogP contribution in [0.3, 0.4) is 0 Å². The van der Waals surface area contributed by atoms with Gasteiger partial charge in [-0.3, -0.25) is 0 Å². The lowest BCUT2D eigenvalue weighted by molar-refractivity contribution is 0.0673. The summed E-state index contributed by atoms with van der Waals surface area (Å²) in [4.78, 5) is 2.64. The minimum atomic E-state index is 0.720. The van der Waals surface area contributed by atoms with Crippen LogP contribution in [0.15, 0.2) is 0 Å². The number of piperidine rings is 3. The maximum Gasteiger partial charge on any atom is 0.0226 e. The first-order valence-corrected chi connectivity index (χ1v) is 7.78. The molecule has 3 fully saturated rings. The van der Waals surface area contributed by atoms with Gasteiger partial charge in [-0.15, -0.1) is 0 Å². The highest BCUT2D eigenvalue weighted by atomic mass is 15.2. The van der Waals surface area contributed by atoms with Crippen molar-refractivity contribution in [2.45, 2.75) is 70.9 Å². The molecule has 0 amide bonds. The number of hydrogen-bond donors (Lipinski definition) is 1. The van der Waals surface area contributed by atoms with Crippen LogP contribution >= 0.6 is 0 Å². The van der Waals surface area contributed by atoms with Crippen molar-refractivity contribution >= 4 is 0 Å². The summed E-state index contributed by atoms with van der Waals surface area (Å²) in [6, 6.07) is 1.51. The minimum Gasteiger partial charge on any atom is -0.310 e. The molecule has 2 atom stereocenters. The average molecular weight is 238 g/mol. The van der Waals surface area contributed by atoms with Crippen LogP contribution in [0, 0.1) is 5.92 Å². The van der Waals surface area contributed by atoms with Crippen LogP contribution in [0.1, 0.15) is 58.8 Å². The van der Waals surface area contributed by atoms with E-state index in [4.69, 9.17) is 0 Å². The molecule has 2 nitrogen and oxygen atoms in total. The molecule has 0 radical (unpaired) electrons. The van der Waals surface area contributed by atoms with Crippen molar-refractivity contribution in [1.82, 2.24) is 10.2 Å². The summed E-state index contributed by atoms with van der Waals surface area (Å²) in [6.07, 6.45) is 9.81. The Kier molecular flexibility index (Phi) is 5.30. The summed E-state index contributed by atoms with van der Waals surface area (Å²) in [5.74, 6) is 0.970. The van der Waals surface area contributed by atoms with Gasteiger partial charge >= 0.3 is 0 Å². The maximum absolute atomic E-state index is 3.89. The number of fused-ring (bicyclic) bond motifs is 3. The van der Waals surface area contributed by atoms with Gasteiger partial charge in [0.2, 0.25) is 0 Å². The van der Waals surface area contributed by atoms with Crippen LogP contribution in [0.4, 0.5) is 0 Å². The Balaban J connectivity index is 1.63. The third kappa shape index (κ3) is 3.96. The van der Waals surface area contributed by atoms with Gasteiger partial charge in [-0.25, -0.2) is 0 Å². The van der Waals surface area contributed by atoms with E-state index in [1.165, 1.54) is 64.6 Å². The summed E-state index contributed by atoms with van der Waals surface area (Å²) in [7, 11) is 0. The predicted molar refractivity (Wildman–Crippen MR) is 74.3 cm³/mol. The molecule has 17 heavy (non-hydrogen) atoms. The Morgan fingerprint density at radius 2 is 1.94 bits per heavy atom. The molecular weight excluding hydrogens is 208 g/mol. The molecule has 3 saturated heterocycles. The lowest BCUT2D eigenvalue weighted by atomic mass is 9.83. The third-order valence-electron chi connectivity index (χ3n) is 4.65. The molecule has 2 heteroatoms. The molecule has 3 heterocycles. The molecule has 2 bridgehead atoms. The van der Waals surface area contributed by atoms with Crippen LogP contribution < -0.4 is 5.32 Å².